The Balaban J connectivity index is 0.000000280. The summed E-state index contributed by atoms with van der Waals surface area (Å²) < 4.78 is 4.39. The Labute approximate surface area is 88.5 Å². The summed E-state index contributed by atoms with van der Waals surface area (Å²) in [6.45, 7) is 3.76. The minimum absolute atomic E-state index is 0.0324. The van der Waals surface area contributed by atoms with E-state index in [9.17, 15) is 4.79 Å². The first-order valence-corrected chi connectivity index (χ1v) is 4.69. The third kappa shape index (κ3) is 5.74. The molecule has 4 N–H and O–H groups in total. The Hall–Kier alpha value is -1.49. The topological polar surface area (TPSA) is 96.7 Å². The van der Waals surface area contributed by atoms with Gasteiger partial charge in [-0.1, -0.05) is 20.3 Å². The van der Waals surface area contributed by atoms with Crippen molar-refractivity contribution in [3.63, 3.8) is 0 Å². The van der Waals surface area contributed by atoms with Crippen LogP contribution in [0.5, 0.6) is 5.95 Å². The van der Waals surface area contributed by atoms with E-state index in [1.54, 1.807) is 6.07 Å². The van der Waals surface area contributed by atoms with Crippen molar-refractivity contribution < 1.29 is 19.4 Å². The van der Waals surface area contributed by atoms with Crippen LogP contribution in [-0.2, 0) is 4.79 Å². The van der Waals surface area contributed by atoms with Gasteiger partial charge in [-0.25, -0.2) is 0 Å². The van der Waals surface area contributed by atoms with Gasteiger partial charge in [0.15, 0.2) is 0 Å². The SMILES string of the molecule is CCC(C)C(N)C(=O)O.Oc1ccco1. The Morgan fingerprint density at radius 3 is 2.40 bits per heavy atom. The largest absolute Gasteiger partial charge is 0.481 e. The molecule has 1 rings (SSSR count). The zero-order valence-electron chi connectivity index (χ0n) is 8.88. The first kappa shape index (κ1) is 13.5. The van der Waals surface area contributed by atoms with E-state index in [0.717, 1.165) is 6.42 Å². The van der Waals surface area contributed by atoms with Crippen LogP contribution < -0.4 is 5.73 Å². The third-order valence-corrected chi connectivity index (χ3v) is 2.05. The molecule has 1 heterocycles. The maximum Gasteiger partial charge on any atom is 0.320 e. The number of carboxylic acid groups (broad SMARTS) is 1. The van der Waals surface area contributed by atoms with Gasteiger partial charge in [0.25, 0.3) is 5.95 Å². The van der Waals surface area contributed by atoms with Crippen molar-refractivity contribution in [3.8, 4) is 5.95 Å². The van der Waals surface area contributed by atoms with Gasteiger partial charge in [-0.15, -0.1) is 0 Å². The van der Waals surface area contributed by atoms with Crippen LogP contribution in [0.1, 0.15) is 20.3 Å². The number of hydrogen-bond donors (Lipinski definition) is 3. The van der Waals surface area contributed by atoms with Crippen LogP contribution >= 0.6 is 0 Å². The summed E-state index contributed by atoms with van der Waals surface area (Å²) in [7, 11) is 0. The standard InChI is InChI=1S/C6H13NO2.C4H4O2/c1-3-4(2)5(7)6(8)9;5-4-2-1-3-6-4/h4-5H,3,7H2,1-2H3,(H,8,9);1-3,5H. The summed E-state index contributed by atoms with van der Waals surface area (Å²) in [6.07, 6.45) is 2.22. The highest BCUT2D eigenvalue weighted by molar-refractivity contribution is 5.73. The Kier molecular flexibility index (Phi) is 6.21. The van der Waals surface area contributed by atoms with Gasteiger partial charge < -0.3 is 20.4 Å². The Morgan fingerprint density at radius 1 is 1.67 bits per heavy atom. The lowest BCUT2D eigenvalue weighted by Crippen LogP contribution is -2.36. The molecule has 0 aromatic carbocycles. The van der Waals surface area contributed by atoms with E-state index in [-0.39, 0.29) is 11.9 Å². The van der Waals surface area contributed by atoms with Crippen LogP contribution in [0.15, 0.2) is 22.8 Å². The molecule has 0 radical (unpaired) electrons. The van der Waals surface area contributed by atoms with Crippen molar-refractivity contribution in [2.75, 3.05) is 0 Å². The van der Waals surface area contributed by atoms with E-state index in [1.165, 1.54) is 12.3 Å². The second kappa shape index (κ2) is 6.89. The highest BCUT2D eigenvalue weighted by atomic mass is 16.5. The number of furan rings is 1. The molecule has 0 saturated heterocycles. The molecule has 0 fully saturated rings. The van der Waals surface area contributed by atoms with Crippen molar-refractivity contribution >= 4 is 5.97 Å². The molecule has 0 aliphatic heterocycles. The van der Waals surface area contributed by atoms with Gasteiger partial charge in [0.1, 0.15) is 6.04 Å². The molecular formula is C10H17NO4. The number of aromatic hydroxyl groups is 1. The van der Waals surface area contributed by atoms with E-state index in [0.29, 0.717) is 0 Å². The molecule has 15 heavy (non-hydrogen) atoms. The average Bonchev–Trinajstić information content (AvgIpc) is 2.67. The van der Waals surface area contributed by atoms with Gasteiger partial charge >= 0.3 is 5.97 Å². The van der Waals surface area contributed by atoms with E-state index in [4.69, 9.17) is 15.9 Å². The molecule has 2 atom stereocenters. The molecule has 0 aliphatic carbocycles. The van der Waals surface area contributed by atoms with Gasteiger partial charge in [0, 0.05) is 6.07 Å². The minimum Gasteiger partial charge on any atom is -0.481 e. The number of nitrogens with two attached hydrogens (primary N) is 1. The molecule has 0 spiro atoms. The molecule has 0 saturated carbocycles. The normalized spacial score (nSPS) is 13.5. The summed E-state index contributed by atoms with van der Waals surface area (Å²) in [5.41, 5.74) is 5.27. The fraction of sp³-hybridized carbons (Fsp3) is 0.500. The van der Waals surface area contributed by atoms with E-state index in [2.05, 4.69) is 4.42 Å². The molecule has 5 nitrogen and oxygen atoms in total. The van der Waals surface area contributed by atoms with Gasteiger partial charge in [0.2, 0.25) is 0 Å². The Bertz CT molecular complexity index is 271. The fourth-order valence-electron chi connectivity index (χ4n) is 0.767. The zero-order chi connectivity index (χ0) is 11.8. The minimum atomic E-state index is -0.913. The van der Waals surface area contributed by atoms with Gasteiger partial charge in [-0.3, -0.25) is 4.79 Å². The second-order valence-corrected chi connectivity index (χ2v) is 3.20. The monoisotopic (exact) mass is 215 g/mol. The fourth-order valence-corrected chi connectivity index (χ4v) is 0.767. The number of rotatable bonds is 3. The van der Waals surface area contributed by atoms with Crippen LogP contribution in [0.2, 0.25) is 0 Å². The molecule has 86 valence electrons. The lowest BCUT2D eigenvalue weighted by Gasteiger charge is -2.11. The summed E-state index contributed by atoms with van der Waals surface area (Å²) in [5, 5.41) is 16.7. The van der Waals surface area contributed by atoms with Gasteiger partial charge in [-0.05, 0) is 12.0 Å². The smallest absolute Gasteiger partial charge is 0.320 e. The lowest BCUT2D eigenvalue weighted by atomic mass is 10.0. The van der Waals surface area contributed by atoms with Crippen molar-refractivity contribution in [1.82, 2.24) is 0 Å². The predicted octanol–water partition coefficient (Wildman–Crippen LogP) is 1.43. The quantitative estimate of drug-likeness (QED) is 0.708. The number of hydrogen-bond acceptors (Lipinski definition) is 4. The molecule has 0 amide bonds. The highest BCUT2D eigenvalue weighted by Gasteiger charge is 2.17. The molecular weight excluding hydrogens is 198 g/mol. The summed E-state index contributed by atoms with van der Waals surface area (Å²) in [6, 6.07) is 2.39. The molecule has 2 unspecified atom stereocenters. The first-order valence-electron chi connectivity index (χ1n) is 4.69. The predicted molar refractivity (Wildman–Crippen MR) is 55.4 cm³/mol. The summed E-state index contributed by atoms with van der Waals surface area (Å²) >= 11 is 0. The summed E-state index contributed by atoms with van der Waals surface area (Å²) in [5.74, 6) is -0.873. The van der Waals surface area contributed by atoms with Crippen molar-refractivity contribution in [3.05, 3.63) is 18.4 Å². The maximum absolute atomic E-state index is 10.2. The van der Waals surface area contributed by atoms with Gasteiger partial charge in [-0.2, -0.15) is 0 Å². The van der Waals surface area contributed by atoms with Crippen LogP contribution in [0.25, 0.3) is 0 Å². The van der Waals surface area contributed by atoms with Crippen molar-refractivity contribution in [1.29, 1.82) is 0 Å². The molecule has 5 heteroatoms. The van der Waals surface area contributed by atoms with E-state index < -0.39 is 12.0 Å². The number of carboxylic acids is 1. The number of carbonyl (C=O) groups is 1. The number of aliphatic carboxylic acids is 1. The summed E-state index contributed by atoms with van der Waals surface area (Å²) in [4.78, 5) is 10.2. The van der Waals surface area contributed by atoms with E-state index >= 15 is 0 Å². The highest BCUT2D eigenvalue weighted by Crippen LogP contribution is 2.04. The van der Waals surface area contributed by atoms with Crippen molar-refractivity contribution in [2.45, 2.75) is 26.3 Å². The maximum atomic E-state index is 10.2. The average molecular weight is 215 g/mol. The van der Waals surface area contributed by atoms with Gasteiger partial charge in [0.05, 0.1) is 6.26 Å². The van der Waals surface area contributed by atoms with E-state index in [1.807, 2.05) is 13.8 Å². The lowest BCUT2D eigenvalue weighted by molar-refractivity contribution is -0.139. The first-order chi connectivity index (χ1) is 6.99. The van der Waals surface area contributed by atoms with Crippen LogP contribution in [0, 0.1) is 5.92 Å². The zero-order valence-corrected chi connectivity index (χ0v) is 8.88. The van der Waals surface area contributed by atoms with Crippen LogP contribution in [-0.4, -0.2) is 22.2 Å². The molecule has 1 aromatic rings. The van der Waals surface area contributed by atoms with Crippen molar-refractivity contribution in [2.24, 2.45) is 11.7 Å². The Morgan fingerprint density at radius 2 is 2.27 bits per heavy atom. The molecule has 0 bridgehead atoms. The molecule has 1 aromatic heterocycles. The van der Waals surface area contributed by atoms with Crippen LogP contribution in [0.4, 0.5) is 0 Å². The molecule has 0 aliphatic rings. The second-order valence-electron chi connectivity index (χ2n) is 3.20. The van der Waals surface area contributed by atoms with Crippen LogP contribution in [0.3, 0.4) is 0 Å². The third-order valence-electron chi connectivity index (χ3n) is 2.05.